The quantitative estimate of drug-likeness (QED) is 0.919. The van der Waals surface area contributed by atoms with Crippen LogP contribution in [-0.2, 0) is 11.2 Å². The minimum atomic E-state index is 0.207. The van der Waals surface area contributed by atoms with Crippen LogP contribution in [0.15, 0.2) is 28.7 Å². The third-order valence-corrected chi connectivity index (χ3v) is 4.29. The van der Waals surface area contributed by atoms with Gasteiger partial charge in [-0.1, -0.05) is 25.1 Å². The molecule has 1 aromatic heterocycles. The van der Waals surface area contributed by atoms with Crippen molar-refractivity contribution in [1.82, 2.24) is 5.32 Å². The molecule has 0 radical (unpaired) electrons. The zero-order valence-corrected chi connectivity index (χ0v) is 12.5. The minimum absolute atomic E-state index is 0.207. The van der Waals surface area contributed by atoms with Crippen molar-refractivity contribution in [2.75, 3.05) is 7.05 Å². The highest BCUT2D eigenvalue weighted by molar-refractivity contribution is 5.83. The van der Waals surface area contributed by atoms with Gasteiger partial charge in [0.15, 0.2) is 0 Å². The fourth-order valence-electron chi connectivity index (χ4n) is 3.31. The Hall–Kier alpha value is -1.32. The van der Waals surface area contributed by atoms with Gasteiger partial charge in [0, 0.05) is 17.4 Å². The monoisotopic (exact) mass is 273 g/mol. The highest BCUT2D eigenvalue weighted by Crippen LogP contribution is 2.37. The average Bonchev–Trinajstić information content (AvgIpc) is 3.05. The standard InChI is InChI=1S/C17H23NO2/c1-4-13-16(12-7-5-6-8-14(12)20-13)17(18-3)15-10-9-11(2)19-15/h5-8,11,15,17-18H,4,9-10H2,1-3H3. The number of ether oxygens (including phenoxy) is 1. The number of furan rings is 1. The Balaban J connectivity index is 2.06. The summed E-state index contributed by atoms with van der Waals surface area (Å²) in [5, 5.41) is 4.66. The molecule has 3 unspecified atom stereocenters. The molecular formula is C17H23NO2. The second-order valence-corrected chi connectivity index (χ2v) is 5.62. The van der Waals surface area contributed by atoms with E-state index in [1.54, 1.807) is 0 Å². The van der Waals surface area contributed by atoms with E-state index in [2.05, 4.69) is 31.3 Å². The largest absolute Gasteiger partial charge is 0.461 e. The van der Waals surface area contributed by atoms with Gasteiger partial charge in [0.1, 0.15) is 11.3 Å². The normalized spacial score (nSPS) is 24.4. The predicted molar refractivity (Wildman–Crippen MR) is 81.0 cm³/mol. The van der Waals surface area contributed by atoms with Crippen LogP contribution < -0.4 is 5.32 Å². The Morgan fingerprint density at radius 2 is 2.10 bits per heavy atom. The number of nitrogens with one attached hydrogen (secondary N) is 1. The summed E-state index contributed by atoms with van der Waals surface area (Å²) in [4.78, 5) is 0. The molecule has 1 saturated heterocycles. The molecule has 3 atom stereocenters. The van der Waals surface area contributed by atoms with Gasteiger partial charge in [-0.25, -0.2) is 0 Å². The summed E-state index contributed by atoms with van der Waals surface area (Å²) in [5.41, 5.74) is 2.26. The van der Waals surface area contributed by atoms with Crippen molar-refractivity contribution in [1.29, 1.82) is 0 Å². The van der Waals surface area contributed by atoms with E-state index in [1.165, 1.54) is 10.9 Å². The zero-order chi connectivity index (χ0) is 14.1. The fraction of sp³-hybridized carbons (Fsp3) is 0.529. The summed E-state index contributed by atoms with van der Waals surface area (Å²) in [7, 11) is 2.01. The number of benzene rings is 1. The summed E-state index contributed by atoms with van der Waals surface area (Å²) < 4.78 is 12.1. The van der Waals surface area contributed by atoms with Crippen LogP contribution in [0, 0.1) is 0 Å². The van der Waals surface area contributed by atoms with Crippen molar-refractivity contribution in [3.8, 4) is 0 Å². The Bertz CT molecular complexity index is 590. The maximum absolute atomic E-state index is 6.08. The molecule has 1 aliphatic heterocycles. The highest BCUT2D eigenvalue weighted by atomic mass is 16.5. The van der Waals surface area contributed by atoms with Gasteiger partial charge in [0.2, 0.25) is 0 Å². The van der Waals surface area contributed by atoms with Crippen LogP contribution >= 0.6 is 0 Å². The SMILES string of the molecule is CCc1oc2ccccc2c1C(NC)C1CCC(C)O1. The van der Waals surface area contributed by atoms with Crippen molar-refractivity contribution in [3.05, 3.63) is 35.6 Å². The molecule has 1 aromatic carbocycles. The lowest BCUT2D eigenvalue weighted by molar-refractivity contribution is 0.0332. The second kappa shape index (κ2) is 5.58. The first kappa shape index (κ1) is 13.7. The maximum Gasteiger partial charge on any atom is 0.134 e. The lowest BCUT2D eigenvalue weighted by atomic mass is 9.95. The highest BCUT2D eigenvalue weighted by Gasteiger charge is 2.33. The third kappa shape index (κ3) is 2.25. The van der Waals surface area contributed by atoms with Crippen LogP contribution in [0.25, 0.3) is 11.0 Å². The van der Waals surface area contributed by atoms with Gasteiger partial charge in [-0.3, -0.25) is 0 Å². The number of hydrogen-bond donors (Lipinski definition) is 1. The van der Waals surface area contributed by atoms with E-state index in [9.17, 15) is 0 Å². The molecule has 2 heterocycles. The Kier molecular flexibility index (Phi) is 3.81. The molecule has 0 saturated carbocycles. The van der Waals surface area contributed by atoms with Crippen LogP contribution in [0.1, 0.15) is 44.1 Å². The molecule has 1 aliphatic rings. The third-order valence-electron chi connectivity index (χ3n) is 4.29. The molecule has 20 heavy (non-hydrogen) atoms. The molecule has 3 nitrogen and oxygen atoms in total. The van der Waals surface area contributed by atoms with Gasteiger partial charge in [-0.05, 0) is 32.9 Å². The van der Waals surface area contributed by atoms with E-state index in [-0.39, 0.29) is 12.1 Å². The number of fused-ring (bicyclic) bond motifs is 1. The molecule has 0 bridgehead atoms. The lowest BCUT2D eigenvalue weighted by Crippen LogP contribution is -2.30. The molecule has 1 fully saturated rings. The van der Waals surface area contributed by atoms with E-state index in [0.717, 1.165) is 30.6 Å². The van der Waals surface area contributed by atoms with Gasteiger partial charge in [0.05, 0.1) is 18.2 Å². The van der Waals surface area contributed by atoms with Crippen LogP contribution in [0.3, 0.4) is 0 Å². The van der Waals surface area contributed by atoms with Crippen molar-refractivity contribution in [3.63, 3.8) is 0 Å². The molecule has 3 heteroatoms. The molecule has 0 amide bonds. The number of para-hydroxylation sites is 1. The molecular weight excluding hydrogens is 250 g/mol. The Labute approximate surface area is 120 Å². The fourth-order valence-corrected chi connectivity index (χ4v) is 3.31. The first-order chi connectivity index (χ1) is 9.74. The van der Waals surface area contributed by atoms with Crippen molar-refractivity contribution in [2.45, 2.75) is 51.4 Å². The number of hydrogen-bond acceptors (Lipinski definition) is 3. The van der Waals surface area contributed by atoms with Gasteiger partial charge in [-0.2, -0.15) is 0 Å². The summed E-state index contributed by atoms with van der Waals surface area (Å²) in [5.74, 6) is 1.08. The number of rotatable bonds is 4. The zero-order valence-electron chi connectivity index (χ0n) is 12.5. The molecule has 3 rings (SSSR count). The second-order valence-electron chi connectivity index (χ2n) is 5.62. The van der Waals surface area contributed by atoms with E-state index in [4.69, 9.17) is 9.15 Å². The molecule has 2 aromatic rings. The first-order valence-electron chi connectivity index (χ1n) is 7.57. The summed E-state index contributed by atoms with van der Waals surface area (Å²) in [6.07, 6.45) is 3.75. The number of likely N-dealkylation sites (N-methyl/N-ethyl adjacent to an activating group) is 1. The van der Waals surface area contributed by atoms with Crippen molar-refractivity contribution < 1.29 is 9.15 Å². The Morgan fingerprint density at radius 1 is 1.30 bits per heavy atom. The predicted octanol–water partition coefficient (Wildman–Crippen LogP) is 3.82. The first-order valence-corrected chi connectivity index (χ1v) is 7.57. The van der Waals surface area contributed by atoms with E-state index < -0.39 is 0 Å². The van der Waals surface area contributed by atoms with Crippen LogP contribution in [0.4, 0.5) is 0 Å². The van der Waals surface area contributed by atoms with E-state index in [1.807, 2.05) is 19.2 Å². The van der Waals surface area contributed by atoms with Crippen LogP contribution in [0.5, 0.6) is 0 Å². The molecule has 0 aliphatic carbocycles. The van der Waals surface area contributed by atoms with E-state index >= 15 is 0 Å². The van der Waals surface area contributed by atoms with Crippen molar-refractivity contribution >= 4 is 11.0 Å². The number of aryl methyl sites for hydroxylation is 1. The minimum Gasteiger partial charge on any atom is -0.461 e. The maximum atomic E-state index is 6.08. The molecule has 1 N–H and O–H groups in total. The van der Waals surface area contributed by atoms with Crippen LogP contribution in [-0.4, -0.2) is 19.3 Å². The summed E-state index contributed by atoms with van der Waals surface area (Å²) >= 11 is 0. The van der Waals surface area contributed by atoms with Gasteiger partial charge in [-0.15, -0.1) is 0 Å². The van der Waals surface area contributed by atoms with Crippen molar-refractivity contribution in [2.24, 2.45) is 0 Å². The van der Waals surface area contributed by atoms with Crippen LogP contribution in [0.2, 0.25) is 0 Å². The van der Waals surface area contributed by atoms with E-state index in [0.29, 0.717) is 6.10 Å². The topological polar surface area (TPSA) is 34.4 Å². The van der Waals surface area contributed by atoms with Gasteiger partial charge < -0.3 is 14.5 Å². The van der Waals surface area contributed by atoms with Gasteiger partial charge in [0.25, 0.3) is 0 Å². The smallest absolute Gasteiger partial charge is 0.134 e. The summed E-state index contributed by atoms with van der Waals surface area (Å²) in [6.45, 7) is 4.30. The summed E-state index contributed by atoms with van der Waals surface area (Å²) in [6, 6.07) is 8.50. The van der Waals surface area contributed by atoms with Gasteiger partial charge >= 0.3 is 0 Å². The Morgan fingerprint density at radius 3 is 2.75 bits per heavy atom. The lowest BCUT2D eigenvalue weighted by Gasteiger charge is -2.23. The molecule has 0 spiro atoms. The average molecular weight is 273 g/mol. The molecule has 108 valence electrons.